The molecule has 1 aromatic carbocycles. The topological polar surface area (TPSA) is 106 Å². The molecule has 8 nitrogen and oxygen atoms in total. The van der Waals surface area contributed by atoms with Gasteiger partial charge in [0.25, 0.3) is 5.91 Å². The quantitative estimate of drug-likeness (QED) is 0.510. The Balaban J connectivity index is 2.14. The number of carboxylic acids is 1. The summed E-state index contributed by atoms with van der Waals surface area (Å²) in [6, 6.07) is 6.34. The van der Waals surface area contributed by atoms with E-state index in [2.05, 4.69) is 22.1 Å². The molecule has 0 fully saturated rings. The molecule has 1 heterocycles. The highest BCUT2D eigenvalue weighted by atomic mass is 32.2. The first-order valence-corrected chi connectivity index (χ1v) is 8.78. The van der Waals surface area contributed by atoms with Crippen molar-refractivity contribution in [3.05, 3.63) is 48.3 Å². The molecule has 0 radical (unpaired) electrons. The highest BCUT2D eigenvalue weighted by molar-refractivity contribution is 7.99. The molecule has 0 saturated carbocycles. The smallest absolute Gasteiger partial charge is 0.313 e. The molecule has 1 atom stereocenters. The molecule has 2 rings (SSSR count). The molecule has 0 bridgehead atoms. The van der Waals surface area contributed by atoms with Crippen LogP contribution in [0.5, 0.6) is 5.75 Å². The maximum Gasteiger partial charge on any atom is 0.313 e. The zero-order valence-electron chi connectivity index (χ0n) is 14.5. The normalized spacial score (nSPS) is 11.6. The number of nitrogens with one attached hydrogen (secondary N) is 1. The first kappa shape index (κ1) is 19.5. The third kappa shape index (κ3) is 4.85. The molecule has 9 heteroatoms. The van der Waals surface area contributed by atoms with Crippen molar-refractivity contribution in [2.24, 2.45) is 0 Å². The van der Waals surface area contributed by atoms with Crippen molar-refractivity contribution in [2.45, 2.75) is 24.7 Å². The minimum absolute atomic E-state index is 0.123. The monoisotopic (exact) mass is 376 g/mol. The Kier molecular flexibility index (Phi) is 6.79. The Morgan fingerprint density at radius 2 is 2.08 bits per heavy atom. The summed E-state index contributed by atoms with van der Waals surface area (Å²) < 4.78 is 6.81. The van der Waals surface area contributed by atoms with E-state index in [1.165, 1.54) is 0 Å². The number of benzene rings is 1. The van der Waals surface area contributed by atoms with E-state index < -0.39 is 12.0 Å². The van der Waals surface area contributed by atoms with Crippen LogP contribution >= 0.6 is 11.8 Å². The number of rotatable bonds is 9. The lowest BCUT2D eigenvalue weighted by molar-refractivity contribution is -0.133. The number of carbonyl (C=O) groups excluding carboxylic acids is 1. The van der Waals surface area contributed by atoms with Crippen LogP contribution in [0.25, 0.3) is 0 Å². The van der Waals surface area contributed by atoms with Crippen molar-refractivity contribution in [3.63, 3.8) is 0 Å². The lowest BCUT2D eigenvalue weighted by Crippen LogP contribution is -2.28. The Bertz CT molecular complexity index is 789. The van der Waals surface area contributed by atoms with E-state index in [4.69, 9.17) is 9.84 Å². The van der Waals surface area contributed by atoms with Gasteiger partial charge in [-0.2, -0.15) is 0 Å². The van der Waals surface area contributed by atoms with Crippen molar-refractivity contribution in [1.82, 2.24) is 20.1 Å². The summed E-state index contributed by atoms with van der Waals surface area (Å²) in [5.41, 5.74) is 0.493. The maximum absolute atomic E-state index is 12.4. The summed E-state index contributed by atoms with van der Waals surface area (Å²) in [4.78, 5) is 23.2. The molecular formula is C17H20N4O4S. The second-order valence-electron chi connectivity index (χ2n) is 5.35. The highest BCUT2D eigenvalue weighted by Gasteiger charge is 2.20. The first-order valence-electron chi connectivity index (χ1n) is 7.79. The summed E-state index contributed by atoms with van der Waals surface area (Å²) in [6.07, 6.45) is 1.66. The number of thioether (sulfide) groups is 1. The van der Waals surface area contributed by atoms with Gasteiger partial charge in [-0.3, -0.25) is 9.59 Å². The predicted molar refractivity (Wildman–Crippen MR) is 97.5 cm³/mol. The molecule has 1 unspecified atom stereocenters. The molecular weight excluding hydrogens is 356 g/mol. The zero-order valence-corrected chi connectivity index (χ0v) is 15.3. The fraction of sp³-hybridized carbons (Fsp3) is 0.294. The van der Waals surface area contributed by atoms with Crippen LogP contribution in [0.3, 0.4) is 0 Å². The standard InChI is InChI=1S/C17H20N4O4S/c1-4-9-21-15(19-20-17(21)26-10-14(22)23)11(2)18-16(24)12-5-7-13(25-3)8-6-12/h4-8,11H,1,9-10H2,2-3H3,(H,18,24)(H,22,23). The van der Waals surface area contributed by atoms with E-state index in [0.29, 0.717) is 28.8 Å². The number of aromatic nitrogens is 3. The second kappa shape index (κ2) is 9.04. The van der Waals surface area contributed by atoms with E-state index in [9.17, 15) is 9.59 Å². The molecule has 2 N–H and O–H groups in total. The van der Waals surface area contributed by atoms with E-state index in [-0.39, 0.29) is 11.7 Å². The van der Waals surface area contributed by atoms with Gasteiger partial charge in [0.15, 0.2) is 11.0 Å². The van der Waals surface area contributed by atoms with E-state index in [0.717, 1.165) is 11.8 Å². The van der Waals surface area contributed by atoms with E-state index in [1.54, 1.807) is 48.9 Å². The summed E-state index contributed by atoms with van der Waals surface area (Å²) in [6.45, 7) is 5.89. The lowest BCUT2D eigenvalue weighted by Gasteiger charge is -2.15. The fourth-order valence-electron chi connectivity index (χ4n) is 2.24. The van der Waals surface area contributed by atoms with Gasteiger partial charge >= 0.3 is 5.97 Å². The third-order valence-corrected chi connectivity index (χ3v) is 4.42. The minimum Gasteiger partial charge on any atom is -0.497 e. The number of aliphatic carboxylic acids is 1. The van der Waals surface area contributed by atoms with Crippen LogP contribution in [-0.2, 0) is 11.3 Å². The average Bonchev–Trinajstić information content (AvgIpc) is 3.03. The molecule has 0 spiro atoms. The number of nitrogens with zero attached hydrogens (tertiary/aromatic N) is 3. The molecule has 2 aromatic rings. The van der Waals surface area contributed by atoms with Crippen molar-refractivity contribution in [1.29, 1.82) is 0 Å². The van der Waals surface area contributed by atoms with Gasteiger partial charge in [0.05, 0.1) is 18.9 Å². The Morgan fingerprint density at radius 3 is 2.65 bits per heavy atom. The minimum atomic E-state index is -0.939. The first-order chi connectivity index (χ1) is 12.5. The maximum atomic E-state index is 12.4. The Hall–Kier alpha value is -2.81. The second-order valence-corrected chi connectivity index (χ2v) is 6.29. The van der Waals surface area contributed by atoms with Crippen LogP contribution in [0.2, 0.25) is 0 Å². The number of hydrogen-bond donors (Lipinski definition) is 2. The van der Waals surface area contributed by atoms with Gasteiger partial charge in [-0.05, 0) is 31.2 Å². The molecule has 138 valence electrons. The van der Waals surface area contributed by atoms with Crippen molar-refractivity contribution >= 4 is 23.6 Å². The third-order valence-electron chi connectivity index (χ3n) is 3.47. The zero-order chi connectivity index (χ0) is 19.1. The van der Waals surface area contributed by atoms with Crippen molar-refractivity contribution in [3.8, 4) is 5.75 Å². The largest absolute Gasteiger partial charge is 0.497 e. The highest BCUT2D eigenvalue weighted by Crippen LogP contribution is 2.21. The van der Waals surface area contributed by atoms with Crippen LogP contribution in [0.15, 0.2) is 42.1 Å². The SMILES string of the molecule is C=CCn1c(SCC(=O)O)nnc1C(C)NC(=O)c1ccc(OC)cc1. The molecule has 0 aliphatic heterocycles. The van der Waals surface area contributed by atoms with Crippen LogP contribution in [0, 0.1) is 0 Å². The summed E-state index contributed by atoms with van der Waals surface area (Å²) in [5, 5.41) is 20.3. The molecule has 1 amide bonds. The van der Waals surface area contributed by atoms with E-state index >= 15 is 0 Å². The lowest BCUT2D eigenvalue weighted by atomic mass is 10.2. The van der Waals surface area contributed by atoms with Gasteiger partial charge in [-0.15, -0.1) is 16.8 Å². The van der Waals surface area contributed by atoms with Crippen molar-refractivity contribution < 1.29 is 19.4 Å². The van der Waals surface area contributed by atoms with Crippen molar-refractivity contribution in [2.75, 3.05) is 12.9 Å². The van der Waals surface area contributed by atoms with Crippen LogP contribution in [0.1, 0.15) is 29.1 Å². The van der Waals surface area contributed by atoms with Gasteiger partial charge in [-0.25, -0.2) is 0 Å². The number of carboxylic acid groups (broad SMARTS) is 1. The number of ether oxygens (including phenoxy) is 1. The molecule has 1 aromatic heterocycles. The summed E-state index contributed by atoms with van der Waals surface area (Å²) in [5.74, 6) is -0.124. The fourth-order valence-corrected chi connectivity index (χ4v) is 2.92. The van der Waals surface area contributed by atoms with Crippen LogP contribution in [0.4, 0.5) is 0 Å². The molecule has 0 saturated heterocycles. The molecule has 0 aliphatic rings. The van der Waals surface area contributed by atoms with Gasteiger partial charge < -0.3 is 19.7 Å². The average molecular weight is 376 g/mol. The number of methoxy groups -OCH3 is 1. The number of allylic oxidation sites excluding steroid dienone is 1. The summed E-state index contributed by atoms with van der Waals surface area (Å²) in [7, 11) is 1.56. The van der Waals surface area contributed by atoms with E-state index in [1.807, 2.05) is 0 Å². The summed E-state index contributed by atoms with van der Waals surface area (Å²) >= 11 is 1.07. The Labute approximate surface area is 155 Å². The molecule has 0 aliphatic carbocycles. The molecule has 26 heavy (non-hydrogen) atoms. The number of amides is 1. The van der Waals surface area contributed by atoms with Gasteiger partial charge in [0.1, 0.15) is 5.75 Å². The van der Waals surface area contributed by atoms with Crippen LogP contribution in [-0.4, -0.2) is 44.6 Å². The van der Waals surface area contributed by atoms with Gasteiger partial charge in [-0.1, -0.05) is 17.8 Å². The number of hydrogen-bond acceptors (Lipinski definition) is 6. The van der Waals surface area contributed by atoms with Gasteiger partial charge in [0, 0.05) is 12.1 Å². The number of carbonyl (C=O) groups is 2. The Morgan fingerprint density at radius 1 is 1.38 bits per heavy atom. The van der Waals surface area contributed by atoms with Gasteiger partial charge in [0.2, 0.25) is 0 Å². The predicted octanol–water partition coefficient (Wildman–Crippen LogP) is 2.14. The van der Waals surface area contributed by atoms with Crippen LogP contribution < -0.4 is 10.1 Å².